The van der Waals surface area contributed by atoms with E-state index in [0.717, 1.165) is 12.3 Å². The molecule has 0 radical (unpaired) electrons. The van der Waals surface area contributed by atoms with Crippen LogP contribution < -0.4 is 10.5 Å². The van der Waals surface area contributed by atoms with Gasteiger partial charge in [-0.05, 0) is 12.1 Å². The first-order valence-electron chi connectivity index (χ1n) is 4.58. The largest absolute Gasteiger partial charge is 0.454 e. The minimum atomic E-state index is -5.64. The number of alkyl halides is 6. The third kappa shape index (κ3) is 3.94. The lowest BCUT2D eigenvalue weighted by Gasteiger charge is -2.24. The van der Waals surface area contributed by atoms with E-state index >= 15 is 0 Å². The van der Waals surface area contributed by atoms with Crippen molar-refractivity contribution < 1.29 is 31.1 Å². The van der Waals surface area contributed by atoms with E-state index in [1.165, 1.54) is 6.07 Å². The molecule has 0 aliphatic carbocycles. The second-order valence-electron chi connectivity index (χ2n) is 3.30. The molecule has 0 spiro atoms. The van der Waals surface area contributed by atoms with E-state index in [1.807, 2.05) is 0 Å². The minimum absolute atomic E-state index is 0.309. The quantitative estimate of drug-likeness (QED) is 0.689. The molecule has 0 amide bonds. The predicted molar refractivity (Wildman–Crippen MR) is 56.7 cm³/mol. The molecule has 19 heavy (non-hydrogen) atoms. The number of pyridine rings is 1. The molecule has 2 N–H and O–H groups in total. The van der Waals surface area contributed by atoms with Crippen LogP contribution in [0.25, 0.3) is 0 Å². The molecule has 106 valence electrons. The highest BCUT2D eigenvalue weighted by molar-refractivity contribution is 7.80. The topological polar surface area (TPSA) is 48.1 Å². The summed E-state index contributed by atoms with van der Waals surface area (Å²) in [6, 6.07) is 2.35. The Labute approximate surface area is 108 Å². The van der Waals surface area contributed by atoms with Crippen LogP contribution in [0.4, 0.5) is 26.3 Å². The maximum atomic E-state index is 12.3. The van der Waals surface area contributed by atoms with E-state index in [4.69, 9.17) is 5.73 Å². The van der Waals surface area contributed by atoms with Crippen LogP contribution in [0, 0.1) is 0 Å². The number of nitrogens with zero attached hydrogens (tertiary/aromatic N) is 1. The first kappa shape index (κ1) is 15.5. The standard InChI is InChI=1S/C9H6F6N2OS/c10-8(11,12)7(9(13,14)15)18-6-4(5(16)19)2-1-3-17-6/h1-3,7H,(H2,16,19). The Balaban J connectivity index is 3.15. The van der Waals surface area contributed by atoms with Gasteiger partial charge in [-0.2, -0.15) is 26.3 Å². The maximum absolute atomic E-state index is 12.3. The lowest BCUT2D eigenvalue weighted by atomic mass is 10.2. The van der Waals surface area contributed by atoms with Crippen LogP contribution in [-0.2, 0) is 0 Å². The van der Waals surface area contributed by atoms with Crippen LogP contribution in [0.15, 0.2) is 18.3 Å². The van der Waals surface area contributed by atoms with E-state index < -0.39 is 29.3 Å². The molecule has 1 rings (SSSR count). The van der Waals surface area contributed by atoms with E-state index in [9.17, 15) is 26.3 Å². The van der Waals surface area contributed by atoms with Crippen molar-refractivity contribution in [3.63, 3.8) is 0 Å². The summed E-state index contributed by atoms with van der Waals surface area (Å²) < 4.78 is 77.7. The highest BCUT2D eigenvalue weighted by atomic mass is 32.1. The van der Waals surface area contributed by atoms with Gasteiger partial charge in [0.1, 0.15) is 4.99 Å². The van der Waals surface area contributed by atoms with E-state index in [0.29, 0.717) is 0 Å². The molecule has 3 nitrogen and oxygen atoms in total. The van der Waals surface area contributed by atoms with Crippen LogP contribution in [-0.4, -0.2) is 28.4 Å². The number of halogens is 6. The van der Waals surface area contributed by atoms with Crippen LogP contribution in [0.1, 0.15) is 5.56 Å². The third-order valence-corrected chi connectivity index (χ3v) is 2.08. The van der Waals surface area contributed by atoms with Crippen molar-refractivity contribution in [2.75, 3.05) is 0 Å². The zero-order valence-electron chi connectivity index (χ0n) is 8.92. The molecule has 0 atom stereocenters. The van der Waals surface area contributed by atoms with E-state index in [-0.39, 0.29) is 5.56 Å². The van der Waals surface area contributed by atoms with Crippen molar-refractivity contribution in [3.05, 3.63) is 23.9 Å². The molecule has 10 heteroatoms. The number of thiocarbonyl (C=S) groups is 1. The monoisotopic (exact) mass is 304 g/mol. The summed E-state index contributed by atoms with van der Waals surface area (Å²) in [5, 5.41) is 0. The molecule has 0 fully saturated rings. The van der Waals surface area contributed by atoms with Gasteiger partial charge in [0.15, 0.2) is 0 Å². The Bertz CT molecular complexity index is 459. The molecule has 0 aliphatic heterocycles. The van der Waals surface area contributed by atoms with Crippen LogP contribution in [0.2, 0.25) is 0 Å². The van der Waals surface area contributed by atoms with Crippen LogP contribution in [0.3, 0.4) is 0 Å². The second-order valence-corrected chi connectivity index (χ2v) is 3.74. The van der Waals surface area contributed by atoms with Crippen molar-refractivity contribution in [3.8, 4) is 5.88 Å². The maximum Gasteiger partial charge on any atom is 0.434 e. The van der Waals surface area contributed by atoms with Crippen molar-refractivity contribution in [1.82, 2.24) is 4.98 Å². The highest BCUT2D eigenvalue weighted by Gasteiger charge is 2.59. The molecule has 0 unspecified atom stereocenters. The van der Waals surface area contributed by atoms with Gasteiger partial charge in [-0.3, -0.25) is 0 Å². The van der Waals surface area contributed by atoms with Crippen molar-refractivity contribution in [2.45, 2.75) is 18.5 Å². The van der Waals surface area contributed by atoms with Crippen molar-refractivity contribution in [2.24, 2.45) is 5.73 Å². The Morgan fingerprint density at radius 1 is 1.21 bits per heavy atom. The summed E-state index contributed by atoms with van der Waals surface area (Å²) in [7, 11) is 0. The van der Waals surface area contributed by atoms with Crippen LogP contribution in [0.5, 0.6) is 5.88 Å². The fourth-order valence-corrected chi connectivity index (χ4v) is 1.26. The molecule has 1 aromatic rings. The van der Waals surface area contributed by atoms with Gasteiger partial charge in [-0.15, -0.1) is 0 Å². The highest BCUT2D eigenvalue weighted by Crippen LogP contribution is 2.36. The number of hydrogen-bond donors (Lipinski definition) is 1. The van der Waals surface area contributed by atoms with Gasteiger partial charge in [0.2, 0.25) is 5.88 Å². The van der Waals surface area contributed by atoms with Gasteiger partial charge in [-0.25, -0.2) is 4.98 Å². The molecular formula is C9H6F6N2OS. The summed E-state index contributed by atoms with van der Waals surface area (Å²) in [5.74, 6) is -0.922. The first-order valence-corrected chi connectivity index (χ1v) is 4.99. The molecule has 0 saturated heterocycles. The third-order valence-electron chi connectivity index (χ3n) is 1.86. The number of ether oxygens (including phenoxy) is 1. The van der Waals surface area contributed by atoms with Gasteiger partial charge < -0.3 is 10.5 Å². The Morgan fingerprint density at radius 2 is 1.74 bits per heavy atom. The normalized spacial score (nSPS) is 12.6. The van der Waals surface area contributed by atoms with E-state index in [1.54, 1.807) is 0 Å². The van der Waals surface area contributed by atoms with Gasteiger partial charge in [0.25, 0.3) is 6.10 Å². The fourth-order valence-electron chi connectivity index (χ4n) is 1.10. The molecule has 1 heterocycles. The summed E-state index contributed by atoms with van der Waals surface area (Å²) in [5.41, 5.74) is 4.85. The molecule has 0 aromatic carbocycles. The zero-order chi connectivity index (χ0) is 14.8. The Morgan fingerprint density at radius 3 is 2.16 bits per heavy atom. The van der Waals surface area contributed by atoms with E-state index in [2.05, 4.69) is 21.9 Å². The second kappa shape index (κ2) is 5.19. The predicted octanol–water partition coefficient (Wildman–Crippen LogP) is 2.59. The SMILES string of the molecule is NC(=S)c1cccnc1OC(C(F)(F)F)C(F)(F)F. The summed E-state index contributed by atoms with van der Waals surface area (Å²) in [6.07, 6.45) is -14.3. The molecule has 0 aliphatic rings. The average molecular weight is 304 g/mol. The summed E-state index contributed by atoms with van der Waals surface area (Å²) in [4.78, 5) is 2.85. The molecule has 0 bridgehead atoms. The number of hydrogen-bond acceptors (Lipinski definition) is 3. The van der Waals surface area contributed by atoms with Gasteiger partial charge in [0.05, 0.1) is 5.56 Å². The summed E-state index contributed by atoms with van der Waals surface area (Å²) >= 11 is 4.48. The minimum Gasteiger partial charge on any atom is -0.454 e. The lowest BCUT2D eigenvalue weighted by molar-refractivity contribution is -0.300. The van der Waals surface area contributed by atoms with Crippen molar-refractivity contribution >= 4 is 17.2 Å². The fraction of sp³-hybridized carbons (Fsp3) is 0.333. The number of nitrogens with two attached hydrogens (primary N) is 1. The van der Waals surface area contributed by atoms with Gasteiger partial charge in [-0.1, -0.05) is 12.2 Å². The van der Waals surface area contributed by atoms with Gasteiger partial charge in [0, 0.05) is 6.20 Å². The Kier molecular flexibility index (Phi) is 4.23. The van der Waals surface area contributed by atoms with Crippen molar-refractivity contribution in [1.29, 1.82) is 0 Å². The van der Waals surface area contributed by atoms with Gasteiger partial charge >= 0.3 is 12.4 Å². The van der Waals surface area contributed by atoms with Crippen LogP contribution >= 0.6 is 12.2 Å². The first-order chi connectivity index (χ1) is 8.53. The Hall–Kier alpha value is -1.58. The summed E-state index contributed by atoms with van der Waals surface area (Å²) in [6.45, 7) is 0. The average Bonchev–Trinajstić information content (AvgIpc) is 2.23. The molecule has 1 aromatic heterocycles. The number of aromatic nitrogens is 1. The molecule has 0 saturated carbocycles. The zero-order valence-corrected chi connectivity index (χ0v) is 9.73. The lowest BCUT2D eigenvalue weighted by Crippen LogP contribution is -2.47. The number of rotatable bonds is 3. The smallest absolute Gasteiger partial charge is 0.434 e. The molecular weight excluding hydrogens is 298 g/mol.